The van der Waals surface area contributed by atoms with Gasteiger partial charge < -0.3 is 25.0 Å². The number of alkyl halides is 4. The van der Waals surface area contributed by atoms with Crippen LogP contribution in [0.4, 0.5) is 35.1 Å². The van der Waals surface area contributed by atoms with Crippen LogP contribution in [-0.2, 0) is 4.74 Å². The molecule has 35 heavy (non-hydrogen) atoms. The van der Waals surface area contributed by atoms with Crippen LogP contribution < -0.4 is 20.3 Å². The van der Waals surface area contributed by atoms with E-state index in [-0.39, 0.29) is 30.5 Å². The molecule has 3 saturated heterocycles. The molecule has 190 valence electrons. The number of pyridine rings is 1. The Morgan fingerprint density at radius 1 is 1.09 bits per heavy atom. The largest absolute Gasteiger partial charge is 0.431 e. The average molecular weight is 497 g/mol. The van der Waals surface area contributed by atoms with Crippen LogP contribution in [0.25, 0.3) is 11.3 Å². The predicted octanol–water partition coefficient (Wildman–Crippen LogP) is 2.48. The summed E-state index contributed by atoms with van der Waals surface area (Å²) in [5, 5.41) is 0. The summed E-state index contributed by atoms with van der Waals surface area (Å²) in [6, 6.07) is 3.37. The van der Waals surface area contributed by atoms with Crippen molar-refractivity contribution in [3.63, 3.8) is 0 Å². The van der Waals surface area contributed by atoms with E-state index in [1.165, 1.54) is 17.2 Å². The lowest BCUT2D eigenvalue weighted by Crippen LogP contribution is -2.60. The monoisotopic (exact) mass is 497 g/mol. The summed E-state index contributed by atoms with van der Waals surface area (Å²) in [6.07, 6.45) is 2.08. The first-order chi connectivity index (χ1) is 16.8. The zero-order valence-electron chi connectivity index (χ0n) is 19.0. The Morgan fingerprint density at radius 3 is 2.66 bits per heavy atom. The van der Waals surface area contributed by atoms with Crippen LogP contribution in [0.3, 0.4) is 0 Å². The van der Waals surface area contributed by atoms with E-state index in [4.69, 9.17) is 10.5 Å². The fourth-order valence-corrected chi connectivity index (χ4v) is 4.57. The Kier molecular flexibility index (Phi) is 6.53. The number of nitrogen functional groups attached to an aromatic ring is 1. The minimum Gasteiger partial charge on any atom is -0.431 e. The normalized spacial score (nSPS) is 21.3. The molecule has 0 saturated carbocycles. The molecule has 3 aliphatic heterocycles. The molecule has 0 aromatic carbocycles. The Morgan fingerprint density at radius 2 is 1.91 bits per heavy atom. The molecule has 0 bridgehead atoms. The number of rotatable bonds is 6. The summed E-state index contributed by atoms with van der Waals surface area (Å²) in [7, 11) is 0. The Balaban J connectivity index is 1.43. The maximum absolute atomic E-state index is 13.9. The number of hydrogen-bond acceptors (Lipinski definition) is 9. The highest BCUT2D eigenvalue weighted by Gasteiger charge is 2.40. The molecular formula is C22H27F4N7O2. The predicted molar refractivity (Wildman–Crippen MR) is 121 cm³/mol. The van der Waals surface area contributed by atoms with Crippen molar-refractivity contribution in [1.82, 2.24) is 19.9 Å². The highest BCUT2D eigenvalue weighted by Crippen LogP contribution is 2.34. The summed E-state index contributed by atoms with van der Waals surface area (Å²) in [4.78, 5) is 18.9. The molecule has 2 aromatic heterocycles. The number of aromatic nitrogens is 3. The first-order valence-corrected chi connectivity index (χ1v) is 11.6. The standard InChI is InChI=1S/C22H27F4N7O2/c23-20(24)35-17-8-14(10-28-19(17)27)16-9-18(30-21(29-16)32-4-2-22(25,26)13-32)33-11-15(12-33)31-3-1-6-34-7-5-31/h8-10,15,20H,1-7,11-13H2,(H2,27,28). The third kappa shape index (κ3) is 5.35. The smallest absolute Gasteiger partial charge is 0.387 e. The van der Waals surface area contributed by atoms with Gasteiger partial charge in [0.05, 0.1) is 18.8 Å². The van der Waals surface area contributed by atoms with Crippen molar-refractivity contribution in [3.8, 4) is 17.0 Å². The van der Waals surface area contributed by atoms with Gasteiger partial charge in [-0.25, -0.2) is 18.7 Å². The number of nitrogens with zero attached hydrogens (tertiary/aromatic N) is 6. The summed E-state index contributed by atoms with van der Waals surface area (Å²) in [6.45, 7) is 1.32. The van der Waals surface area contributed by atoms with Crippen LogP contribution in [0.5, 0.6) is 5.75 Å². The highest BCUT2D eigenvalue weighted by atomic mass is 19.3. The quantitative estimate of drug-likeness (QED) is 0.605. The van der Waals surface area contributed by atoms with Crippen molar-refractivity contribution >= 4 is 17.6 Å². The van der Waals surface area contributed by atoms with E-state index in [9.17, 15) is 17.6 Å². The van der Waals surface area contributed by atoms with Crippen LogP contribution in [0.2, 0.25) is 0 Å². The Bertz CT molecular complexity index is 1050. The molecule has 13 heteroatoms. The van der Waals surface area contributed by atoms with Gasteiger partial charge in [0.2, 0.25) is 5.95 Å². The highest BCUT2D eigenvalue weighted by molar-refractivity contribution is 5.68. The van der Waals surface area contributed by atoms with Crippen molar-refractivity contribution < 1.29 is 27.0 Å². The van der Waals surface area contributed by atoms with E-state index in [0.29, 0.717) is 29.7 Å². The molecule has 9 nitrogen and oxygen atoms in total. The number of halogens is 4. The fourth-order valence-electron chi connectivity index (χ4n) is 4.57. The van der Waals surface area contributed by atoms with Crippen molar-refractivity contribution in [2.75, 3.05) is 68.0 Å². The van der Waals surface area contributed by atoms with Gasteiger partial charge >= 0.3 is 6.61 Å². The fraction of sp³-hybridized carbons (Fsp3) is 0.591. The molecule has 3 fully saturated rings. The summed E-state index contributed by atoms with van der Waals surface area (Å²) < 4.78 is 63.4. The van der Waals surface area contributed by atoms with E-state index >= 15 is 0 Å². The van der Waals surface area contributed by atoms with Crippen molar-refractivity contribution in [2.24, 2.45) is 0 Å². The second kappa shape index (κ2) is 9.61. The SMILES string of the molecule is Nc1ncc(-c2cc(N3CC(N4CCCOCC4)C3)nc(N3CCC(F)(F)C3)n2)cc1OC(F)F. The van der Waals surface area contributed by atoms with Gasteiger partial charge in [-0.05, 0) is 12.5 Å². The second-order valence-corrected chi connectivity index (χ2v) is 8.99. The van der Waals surface area contributed by atoms with Crippen LogP contribution in [0, 0.1) is 0 Å². The van der Waals surface area contributed by atoms with Gasteiger partial charge in [0.15, 0.2) is 11.6 Å². The molecule has 0 amide bonds. The van der Waals surface area contributed by atoms with Crippen molar-refractivity contribution in [1.29, 1.82) is 0 Å². The van der Waals surface area contributed by atoms with E-state index in [1.807, 2.05) is 0 Å². The number of hydrogen-bond donors (Lipinski definition) is 1. The van der Waals surface area contributed by atoms with Crippen molar-refractivity contribution in [2.45, 2.75) is 31.4 Å². The molecule has 0 aliphatic carbocycles. The molecule has 0 spiro atoms. The van der Waals surface area contributed by atoms with E-state index in [1.54, 1.807) is 6.07 Å². The zero-order valence-corrected chi connectivity index (χ0v) is 19.0. The summed E-state index contributed by atoms with van der Waals surface area (Å²) in [5.41, 5.74) is 6.39. The molecular weight excluding hydrogens is 470 g/mol. The van der Waals surface area contributed by atoms with Gasteiger partial charge in [-0.15, -0.1) is 0 Å². The van der Waals surface area contributed by atoms with Crippen molar-refractivity contribution in [3.05, 3.63) is 18.3 Å². The first kappa shape index (κ1) is 23.8. The van der Waals surface area contributed by atoms with E-state index in [2.05, 4.69) is 29.5 Å². The molecule has 0 radical (unpaired) electrons. The average Bonchev–Trinajstić information content (AvgIpc) is 2.96. The molecule has 5 rings (SSSR count). The van der Waals surface area contributed by atoms with Gasteiger partial charge in [0, 0.05) is 69.6 Å². The van der Waals surface area contributed by atoms with E-state index < -0.39 is 19.1 Å². The lowest BCUT2D eigenvalue weighted by atomic mass is 10.1. The van der Waals surface area contributed by atoms with Gasteiger partial charge in [0.1, 0.15) is 5.82 Å². The molecule has 3 aliphatic rings. The maximum Gasteiger partial charge on any atom is 0.387 e. The van der Waals surface area contributed by atoms with Crippen LogP contribution >= 0.6 is 0 Å². The van der Waals surface area contributed by atoms with Gasteiger partial charge in [-0.2, -0.15) is 13.8 Å². The zero-order chi connectivity index (χ0) is 24.6. The van der Waals surface area contributed by atoms with Gasteiger partial charge in [0.25, 0.3) is 5.92 Å². The van der Waals surface area contributed by atoms with E-state index in [0.717, 1.165) is 39.2 Å². The number of nitrogens with two attached hydrogens (primary N) is 1. The summed E-state index contributed by atoms with van der Waals surface area (Å²) >= 11 is 0. The minimum atomic E-state index is -3.07. The van der Waals surface area contributed by atoms with Crippen LogP contribution in [0.1, 0.15) is 12.8 Å². The number of ether oxygens (including phenoxy) is 2. The second-order valence-electron chi connectivity index (χ2n) is 8.99. The molecule has 2 aromatic rings. The lowest BCUT2D eigenvalue weighted by Gasteiger charge is -2.45. The maximum atomic E-state index is 13.9. The number of anilines is 3. The first-order valence-electron chi connectivity index (χ1n) is 11.6. The molecule has 0 atom stereocenters. The van der Waals surface area contributed by atoms with Crippen LogP contribution in [-0.4, -0.2) is 90.9 Å². The molecule has 5 heterocycles. The Labute approximate surface area is 199 Å². The molecule has 2 N–H and O–H groups in total. The summed E-state index contributed by atoms with van der Waals surface area (Å²) in [5.74, 6) is -2.55. The Hall–Kier alpha value is -2.93. The third-order valence-electron chi connectivity index (χ3n) is 6.51. The topological polar surface area (TPSA) is 92.9 Å². The third-order valence-corrected chi connectivity index (χ3v) is 6.51. The van der Waals surface area contributed by atoms with Gasteiger partial charge in [-0.1, -0.05) is 0 Å². The minimum absolute atomic E-state index is 0.117. The molecule has 0 unspecified atom stereocenters. The van der Waals surface area contributed by atoms with Gasteiger partial charge in [-0.3, -0.25) is 4.90 Å². The van der Waals surface area contributed by atoms with Crippen LogP contribution in [0.15, 0.2) is 18.3 Å². The lowest BCUT2D eigenvalue weighted by molar-refractivity contribution is -0.0494.